The number of thiophene rings is 1. The van der Waals surface area contributed by atoms with Crippen LogP contribution in [0.2, 0.25) is 0 Å². The van der Waals surface area contributed by atoms with Crippen LogP contribution in [-0.4, -0.2) is 7.05 Å². The van der Waals surface area contributed by atoms with Crippen LogP contribution in [0.3, 0.4) is 0 Å². The second kappa shape index (κ2) is 2.99. The third kappa shape index (κ3) is 1.80. The zero-order chi connectivity index (χ0) is 6.69. The van der Waals surface area contributed by atoms with Crippen molar-refractivity contribution >= 4 is 11.3 Å². The Morgan fingerprint density at radius 1 is 1.56 bits per heavy atom. The van der Waals surface area contributed by atoms with Crippen LogP contribution in [0.25, 0.3) is 0 Å². The maximum absolute atomic E-state index is 2.19. The topological polar surface area (TPSA) is 16.6 Å². The Hall–Kier alpha value is -0.340. The molecule has 0 saturated carbocycles. The molecule has 1 aromatic rings. The molecule has 0 bridgehead atoms. The molecule has 0 saturated heterocycles. The van der Waals surface area contributed by atoms with Crippen molar-refractivity contribution in [3.8, 4) is 0 Å². The summed E-state index contributed by atoms with van der Waals surface area (Å²) in [7, 11) is 2.09. The number of rotatable bonds is 2. The molecule has 1 heterocycles. The summed E-state index contributed by atoms with van der Waals surface area (Å²) in [5, 5.41) is 2.19. The molecule has 50 valence electrons. The summed E-state index contributed by atoms with van der Waals surface area (Å²) in [5.74, 6) is 0. The van der Waals surface area contributed by atoms with Gasteiger partial charge in [0.2, 0.25) is 0 Å². The third-order valence-electron chi connectivity index (χ3n) is 1.20. The lowest BCUT2D eigenvalue weighted by Crippen LogP contribution is -2.77. The summed E-state index contributed by atoms with van der Waals surface area (Å²) in [5.41, 5.74) is 0. The molecule has 2 N–H and O–H groups in total. The molecule has 0 atom stereocenters. The van der Waals surface area contributed by atoms with Gasteiger partial charge in [-0.15, -0.1) is 11.3 Å². The fourth-order valence-corrected chi connectivity index (χ4v) is 1.73. The van der Waals surface area contributed by atoms with E-state index in [2.05, 4.69) is 31.4 Å². The summed E-state index contributed by atoms with van der Waals surface area (Å²) >= 11 is 1.88. The van der Waals surface area contributed by atoms with Gasteiger partial charge in [0, 0.05) is 4.88 Å². The average Bonchev–Trinajstić information content (AvgIpc) is 2.17. The number of hydrogen-bond donors (Lipinski definition) is 1. The Bertz CT molecular complexity index is 181. The van der Waals surface area contributed by atoms with Gasteiger partial charge in [0.15, 0.2) is 0 Å². The van der Waals surface area contributed by atoms with Gasteiger partial charge >= 0.3 is 0 Å². The number of nitrogens with two attached hydrogens (primary N) is 1. The second-order valence-electron chi connectivity index (χ2n) is 2.12. The first-order chi connectivity index (χ1) is 4.33. The predicted octanol–water partition coefficient (Wildman–Crippen LogP) is 0.750. The molecule has 0 radical (unpaired) electrons. The quantitative estimate of drug-likeness (QED) is 0.627. The summed E-state index contributed by atoms with van der Waals surface area (Å²) in [6, 6.07) is 4.36. The molecule has 1 rings (SSSR count). The van der Waals surface area contributed by atoms with E-state index in [1.54, 1.807) is 0 Å². The largest absolute Gasteiger partial charge is 0.344 e. The van der Waals surface area contributed by atoms with Gasteiger partial charge in [-0.2, -0.15) is 0 Å². The highest BCUT2D eigenvalue weighted by molar-refractivity contribution is 7.11. The van der Waals surface area contributed by atoms with Gasteiger partial charge in [-0.1, -0.05) is 0 Å². The normalized spacial score (nSPS) is 10.0. The highest BCUT2D eigenvalue weighted by Gasteiger charge is 1.94. The van der Waals surface area contributed by atoms with Crippen LogP contribution >= 0.6 is 11.3 Å². The van der Waals surface area contributed by atoms with Crippen LogP contribution in [0, 0.1) is 6.92 Å². The van der Waals surface area contributed by atoms with Crippen molar-refractivity contribution < 1.29 is 5.32 Å². The van der Waals surface area contributed by atoms with E-state index in [1.165, 1.54) is 9.75 Å². The number of quaternary nitrogens is 1. The summed E-state index contributed by atoms with van der Waals surface area (Å²) in [4.78, 5) is 2.88. The van der Waals surface area contributed by atoms with Crippen LogP contribution in [0.1, 0.15) is 9.75 Å². The van der Waals surface area contributed by atoms with E-state index in [0.717, 1.165) is 6.54 Å². The molecule has 0 amide bonds. The summed E-state index contributed by atoms with van der Waals surface area (Å²) in [6.45, 7) is 3.27. The summed E-state index contributed by atoms with van der Waals surface area (Å²) < 4.78 is 0. The van der Waals surface area contributed by atoms with Gasteiger partial charge in [-0.05, 0) is 19.1 Å². The second-order valence-corrected chi connectivity index (χ2v) is 3.50. The molecule has 9 heavy (non-hydrogen) atoms. The number of hydrogen-bond acceptors (Lipinski definition) is 1. The van der Waals surface area contributed by atoms with Crippen molar-refractivity contribution in [2.75, 3.05) is 7.05 Å². The van der Waals surface area contributed by atoms with E-state index in [1.807, 2.05) is 11.3 Å². The Kier molecular flexibility index (Phi) is 2.25. The molecule has 1 aromatic heterocycles. The monoisotopic (exact) mass is 142 g/mol. The van der Waals surface area contributed by atoms with Crippen LogP contribution < -0.4 is 5.32 Å². The first-order valence-corrected chi connectivity index (χ1v) is 3.97. The lowest BCUT2D eigenvalue weighted by molar-refractivity contribution is -0.642. The Morgan fingerprint density at radius 3 is 2.78 bits per heavy atom. The van der Waals surface area contributed by atoms with Gasteiger partial charge < -0.3 is 5.32 Å². The SMILES string of the molecule is C[NH2+]Cc1ccc(C)s1. The molecule has 0 fully saturated rings. The fraction of sp³-hybridized carbons (Fsp3) is 0.429. The zero-order valence-electron chi connectivity index (χ0n) is 5.85. The Morgan fingerprint density at radius 2 is 2.33 bits per heavy atom. The van der Waals surface area contributed by atoms with E-state index in [4.69, 9.17) is 0 Å². The van der Waals surface area contributed by atoms with E-state index in [0.29, 0.717) is 0 Å². The van der Waals surface area contributed by atoms with Crippen molar-refractivity contribution in [2.45, 2.75) is 13.5 Å². The van der Waals surface area contributed by atoms with E-state index >= 15 is 0 Å². The highest BCUT2D eigenvalue weighted by Crippen LogP contribution is 2.12. The van der Waals surface area contributed by atoms with Crippen LogP contribution in [0.5, 0.6) is 0 Å². The van der Waals surface area contributed by atoms with Gasteiger partial charge in [0.25, 0.3) is 0 Å². The first-order valence-electron chi connectivity index (χ1n) is 3.16. The minimum Gasteiger partial charge on any atom is -0.344 e. The zero-order valence-corrected chi connectivity index (χ0v) is 6.66. The molecule has 0 aromatic carbocycles. The molecule has 0 aliphatic rings. The maximum Gasteiger partial charge on any atom is 0.110 e. The predicted molar refractivity (Wildman–Crippen MR) is 40.6 cm³/mol. The van der Waals surface area contributed by atoms with Crippen LogP contribution in [0.15, 0.2) is 12.1 Å². The average molecular weight is 142 g/mol. The molecule has 0 unspecified atom stereocenters. The minimum absolute atomic E-state index is 1.12. The van der Waals surface area contributed by atoms with Gasteiger partial charge in [0.05, 0.1) is 11.9 Å². The van der Waals surface area contributed by atoms with Crippen molar-refractivity contribution in [1.82, 2.24) is 0 Å². The van der Waals surface area contributed by atoms with Crippen molar-refractivity contribution in [3.63, 3.8) is 0 Å². The van der Waals surface area contributed by atoms with Crippen LogP contribution in [-0.2, 0) is 6.54 Å². The molecule has 0 aliphatic heterocycles. The van der Waals surface area contributed by atoms with E-state index < -0.39 is 0 Å². The summed E-state index contributed by atoms with van der Waals surface area (Å²) in [6.07, 6.45) is 0. The van der Waals surface area contributed by atoms with Crippen molar-refractivity contribution in [2.24, 2.45) is 0 Å². The number of aryl methyl sites for hydroxylation is 1. The Balaban J connectivity index is 2.61. The molecule has 2 heteroatoms. The smallest absolute Gasteiger partial charge is 0.110 e. The highest BCUT2D eigenvalue weighted by atomic mass is 32.1. The lowest BCUT2D eigenvalue weighted by Gasteiger charge is -1.87. The van der Waals surface area contributed by atoms with Crippen molar-refractivity contribution in [1.29, 1.82) is 0 Å². The fourth-order valence-electron chi connectivity index (χ4n) is 0.796. The third-order valence-corrected chi connectivity index (χ3v) is 2.22. The van der Waals surface area contributed by atoms with Gasteiger partial charge in [-0.3, -0.25) is 0 Å². The first kappa shape index (κ1) is 6.78. The van der Waals surface area contributed by atoms with Crippen LogP contribution in [0.4, 0.5) is 0 Å². The minimum atomic E-state index is 1.12. The van der Waals surface area contributed by atoms with E-state index in [-0.39, 0.29) is 0 Å². The molecular formula is C7H12NS+. The lowest BCUT2D eigenvalue weighted by atomic mass is 10.4. The maximum atomic E-state index is 2.19. The van der Waals surface area contributed by atoms with Gasteiger partial charge in [0.1, 0.15) is 6.54 Å². The van der Waals surface area contributed by atoms with E-state index in [9.17, 15) is 0 Å². The molecular weight excluding hydrogens is 130 g/mol. The van der Waals surface area contributed by atoms with Crippen molar-refractivity contribution in [3.05, 3.63) is 21.9 Å². The molecule has 1 nitrogen and oxygen atoms in total. The molecule has 0 aliphatic carbocycles. The van der Waals surface area contributed by atoms with Gasteiger partial charge in [-0.25, -0.2) is 0 Å². The molecule has 0 spiro atoms. The Labute approximate surface area is 59.7 Å². The standard InChI is InChI=1S/C7H11NS/c1-6-3-4-7(9-6)5-8-2/h3-4,8H,5H2,1-2H3/p+1.